The summed E-state index contributed by atoms with van der Waals surface area (Å²) in [5.41, 5.74) is 0.461. The van der Waals surface area contributed by atoms with Gasteiger partial charge in [0.15, 0.2) is 0 Å². The van der Waals surface area contributed by atoms with Crippen molar-refractivity contribution in [3.05, 3.63) is 21.6 Å². The van der Waals surface area contributed by atoms with Gasteiger partial charge in [0.25, 0.3) is 5.56 Å². The quantitative estimate of drug-likeness (QED) is 0.809. The fraction of sp³-hybridized carbons (Fsp3) is 0.643. The average Bonchev–Trinajstić information content (AvgIpc) is 3.35. The Balaban J connectivity index is 1.70. The van der Waals surface area contributed by atoms with Crippen LogP contribution in [0.5, 0.6) is 0 Å². The first kappa shape index (κ1) is 14.4. The Morgan fingerprint density at radius 2 is 2.29 bits per heavy atom. The third kappa shape index (κ3) is 2.90. The van der Waals surface area contributed by atoms with Crippen molar-refractivity contribution >= 4 is 23.3 Å². The van der Waals surface area contributed by atoms with Crippen LogP contribution in [-0.2, 0) is 16.1 Å². The largest absolute Gasteiger partial charge is 0.468 e. The van der Waals surface area contributed by atoms with Gasteiger partial charge in [-0.05, 0) is 37.0 Å². The van der Waals surface area contributed by atoms with E-state index >= 15 is 0 Å². The van der Waals surface area contributed by atoms with Crippen LogP contribution in [0.3, 0.4) is 0 Å². The molecule has 1 N–H and O–H groups in total. The van der Waals surface area contributed by atoms with Crippen molar-refractivity contribution < 1.29 is 9.53 Å². The minimum absolute atomic E-state index is 0.0699. The highest BCUT2D eigenvalue weighted by molar-refractivity contribution is 6.32. The maximum absolute atomic E-state index is 12.0. The van der Waals surface area contributed by atoms with Crippen LogP contribution in [0.1, 0.15) is 25.7 Å². The molecular weight excluding hydrogens is 294 g/mol. The topological polar surface area (TPSA) is 73.2 Å². The lowest BCUT2D eigenvalue weighted by Gasteiger charge is -2.16. The van der Waals surface area contributed by atoms with E-state index in [1.54, 1.807) is 0 Å². The van der Waals surface area contributed by atoms with Gasteiger partial charge in [-0.3, -0.25) is 9.59 Å². The zero-order chi connectivity index (χ0) is 15.0. The Kier molecular flexibility index (Phi) is 3.65. The molecule has 2 saturated carbocycles. The van der Waals surface area contributed by atoms with Gasteiger partial charge in [0.1, 0.15) is 11.6 Å². The lowest BCUT2D eigenvalue weighted by Crippen LogP contribution is -2.28. The Morgan fingerprint density at radius 1 is 1.57 bits per heavy atom. The van der Waals surface area contributed by atoms with E-state index in [1.807, 2.05) is 0 Å². The number of ether oxygens (including phenoxy) is 1. The maximum Gasteiger partial charge on any atom is 0.327 e. The van der Waals surface area contributed by atoms with Crippen LogP contribution in [0.2, 0.25) is 5.02 Å². The molecule has 0 saturated heterocycles. The first-order chi connectivity index (χ1) is 10.1. The highest BCUT2D eigenvalue weighted by Crippen LogP contribution is 2.61. The smallest absolute Gasteiger partial charge is 0.327 e. The molecule has 0 spiro atoms. The zero-order valence-electron chi connectivity index (χ0n) is 11.9. The van der Waals surface area contributed by atoms with Crippen molar-refractivity contribution in [3.63, 3.8) is 0 Å². The molecule has 1 heterocycles. The Hall–Kier alpha value is -1.56. The van der Waals surface area contributed by atoms with Crippen molar-refractivity contribution in [1.29, 1.82) is 0 Å². The number of nitrogens with one attached hydrogen (secondary N) is 1. The van der Waals surface area contributed by atoms with Gasteiger partial charge in [-0.25, -0.2) is 4.68 Å². The molecule has 0 radical (unpaired) electrons. The molecule has 2 aliphatic rings. The van der Waals surface area contributed by atoms with Crippen molar-refractivity contribution in [2.45, 2.75) is 32.2 Å². The summed E-state index contributed by atoms with van der Waals surface area (Å²) < 4.78 is 5.52. The highest BCUT2D eigenvalue weighted by Gasteiger charge is 2.53. The van der Waals surface area contributed by atoms with Gasteiger partial charge in [-0.15, -0.1) is 0 Å². The number of aromatic nitrogens is 2. The zero-order valence-corrected chi connectivity index (χ0v) is 12.7. The maximum atomic E-state index is 12.0. The fourth-order valence-electron chi connectivity index (χ4n) is 2.74. The molecule has 21 heavy (non-hydrogen) atoms. The molecule has 3 rings (SSSR count). The summed E-state index contributed by atoms with van der Waals surface area (Å²) in [6.45, 7) is 0.598. The van der Waals surface area contributed by atoms with Gasteiger partial charge < -0.3 is 10.1 Å². The summed E-state index contributed by atoms with van der Waals surface area (Å²) in [6, 6.07) is 0. The summed E-state index contributed by atoms with van der Waals surface area (Å²) in [4.78, 5) is 23.2. The summed E-state index contributed by atoms with van der Waals surface area (Å²) in [5.74, 6) is 0.295. The average molecular weight is 312 g/mol. The van der Waals surface area contributed by atoms with Crippen LogP contribution in [-0.4, -0.2) is 29.4 Å². The second-order valence-corrected chi connectivity index (χ2v) is 6.28. The predicted octanol–water partition coefficient (Wildman–Crippen LogP) is 1.67. The minimum atomic E-state index is -0.535. The summed E-state index contributed by atoms with van der Waals surface area (Å²) in [7, 11) is 1.26. The monoisotopic (exact) mass is 311 g/mol. The first-order valence-corrected chi connectivity index (χ1v) is 7.50. The molecule has 1 aromatic rings. The Morgan fingerprint density at radius 3 is 2.86 bits per heavy atom. The summed E-state index contributed by atoms with van der Waals surface area (Å²) in [6.07, 6.45) is 6.61. The third-order valence-electron chi connectivity index (χ3n) is 4.46. The number of nitrogens with zero attached hydrogens (tertiary/aromatic N) is 2. The number of rotatable bonds is 6. The lowest BCUT2D eigenvalue weighted by atomic mass is 10.0. The van der Waals surface area contributed by atoms with Crippen molar-refractivity contribution in [3.8, 4) is 0 Å². The molecule has 0 bridgehead atoms. The van der Waals surface area contributed by atoms with E-state index in [9.17, 15) is 9.59 Å². The number of carbonyl (C=O) groups is 1. The number of halogens is 1. The normalized spacial score (nSPS) is 19.1. The van der Waals surface area contributed by atoms with E-state index in [4.69, 9.17) is 11.6 Å². The number of esters is 1. The molecule has 0 aliphatic heterocycles. The molecule has 7 heteroatoms. The van der Waals surface area contributed by atoms with E-state index in [2.05, 4.69) is 15.2 Å². The molecule has 1 aromatic heterocycles. The minimum Gasteiger partial charge on any atom is -0.468 e. The molecule has 2 fully saturated rings. The van der Waals surface area contributed by atoms with Gasteiger partial charge in [0, 0.05) is 6.54 Å². The van der Waals surface area contributed by atoms with Crippen LogP contribution in [0, 0.1) is 11.3 Å². The Labute approximate surface area is 127 Å². The second kappa shape index (κ2) is 5.33. The van der Waals surface area contributed by atoms with Gasteiger partial charge in [0.05, 0.1) is 19.0 Å². The van der Waals surface area contributed by atoms with Crippen LogP contribution in [0.15, 0.2) is 11.0 Å². The van der Waals surface area contributed by atoms with Gasteiger partial charge in [-0.1, -0.05) is 11.6 Å². The number of hydrogen-bond donors (Lipinski definition) is 1. The van der Waals surface area contributed by atoms with E-state index in [-0.39, 0.29) is 11.6 Å². The van der Waals surface area contributed by atoms with E-state index in [0.29, 0.717) is 11.1 Å². The Bertz CT molecular complexity index is 620. The molecule has 6 nitrogen and oxygen atoms in total. The SMILES string of the molecule is COC(=O)Cn1ncc(NCC2(C3CC3)CC2)c(Cl)c1=O. The first-order valence-electron chi connectivity index (χ1n) is 7.12. The van der Waals surface area contributed by atoms with E-state index in [0.717, 1.165) is 17.1 Å². The van der Waals surface area contributed by atoms with Crippen molar-refractivity contribution in [1.82, 2.24) is 9.78 Å². The summed E-state index contributed by atoms with van der Waals surface area (Å²) in [5, 5.41) is 7.28. The number of hydrogen-bond acceptors (Lipinski definition) is 5. The van der Waals surface area contributed by atoms with Gasteiger partial charge >= 0.3 is 5.97 Å². The number of methoxy groups -OCH3 is 1. The van der Waals surface area contributed by atoms with Crippen LogP contribution in [0.25, 0.3) is 0 Å². The molecule has 114 valence electrons. The van der Waals surface area contributed by atoms with Crippen LogP contribution < -0.4 is 10.9 Å². The van der Waals surface area contributed by atoms with E-state index < -0.39 is 11.5 Å². The predicted molar refractivity (Wildman–Crippen MR) is 78.4 cm³/mol. The molecule has 2 aliphatic carbocycles. The molecular formula is C14H18ClN3O3. The molecule has 0 atom stereocenters. The van der Waals surface area contributed by atoms with Gasteiger partial charge in [-0.2, -0.15) is 5.10 Å². The molecule has 0 aromatic carbocycles. The summed E-state index contributed by atoms with van der Waals surface area (Å²) >= 11 is 6.08. The van der Waals surface area contributed by atoms with Crippen LogP contribution >= 0.6 is 11.6 Å². The number of anilines is 1. The van der Waals surface area contributed by atoms with Crippen LogP contribution in [0.4, 0.5) is 5.69 Å². The highest BCUT2D eigenvalue weighted by atomic mass is 35.5. The molecule has 0 amide bonds. The van der Waals surface area contributed by atoms with E-state index in [1.165, 1.54) is 39.0 Å². The second-order valence-electron chi connectivity index (χ2n) is 5.90. The molecule has 0 unspecified atom stereocenters. The lowest BCUT2D eigenvalue weighted by molar-refractivity contribution is -0.141. The van der Waals surface area contributed by atoms with Gasteiger partial charge in [0.2, 0.25) is 0 Å². The standard InChI is InChI=1S/C14H18ClN3O3/c1-21-11(19)7-18-13(20)12(15)10(6-17-18)16-8-14(4-5-14)9-2-3-9/h6,9,16H,2-5,7-8H2,1H3. The van der Waals surface area contributed by atoms with Crippen molar-refractivity contribution in [2.24, 2.45) is 11.3 Å². The van der Waals surface area contributed by atoms with Crippen molar-refractivity contribution in [2.75, 3.05) is 19.0 Å². The third-order valence-corrected chi connectivity index (χ3v) is 4.82. The number of carbonyl (C=O) groups excluding carboxylic acids is 1. The fourth-order valence-corrected chi connectivity index (χ4v) is 2.96.